The van der Waals surface area contributed by atoms with Gasteiger partial charge in [0, 0.05) is 22.5 Å². The van der Waals surface area contributed by atoms with Gasteiger partial charge in [0.1, 0.15) is 11.6 Å². The van der Waals surface area contributed by atoms with Crippen molar-refractivity contribution in [2.75, 3.05) is 10.6 Å². The van der Waals surface area contributed by atoms with Crippen LogP contribution in [0.25, 0.3) is 44.8 Å². The Bertz CT molecular complexity index is 2700. The molecule has 0 saturated heterocycles. The van der Waals surface area contributed by atoms with Crippen molar-refractivity contribution in [3.8, 4) is 22.8 Å². The van der Waals surface area contributed by atoms with Crippen LogP contribution < -0.4 is 10.6 Å². The molecule has 8 nitrogen and oxygen atoms in total. The zero-order valence-electron chi connectivity index (χ0n) is 31.1. The summed E-state index contributed by atoms with van der Waals surface area (Å²) < 4.78 is 0. The van der Waals surface area contributed by atoms with E-state index < -0.39 is 0 Å². The number of carbonyl (C=O) groups excluding carboxylic acids is 2. The van der Waals surface area contributed by atoms with E-state index in [4.69, 9.17) is 46.4 Å². The number of nitrogens with one attached hydrogen (secondary N) is 4. The van der Waals surface area contributed by atoms with Crippen LogP contribution in [0.1, 0.15) is 58.5 Å². The number of amides is 2. The van der Waals surface area contributed by atoms with E-state index in [1.165, 1.54) is 11.1 Å². The van der Waals surface area contributed by atoms with Crippen LogP contribution in [-0.2, 0) is 6.42 Å². The van der Waals surface area contributed by atoms with E-state index in [-0.39, 0.29) is 11.8 Å². The molecule has 12 heteroatoms. The van der Waals surface area contributed by atoms with Crippen LogP contribution >= 0.6 is 46.4 Å². The number of imidazole rings is 2. The van der Waals surface area contributed by atoms with Crippen LogP contribution in [0.15, 0.2) is 121 Å². The molecule has 0 aliphatic heterocycles. The Balaban J connectivity index is 0.000000174. The third kappa shape index (κ3) is 9.01. The number of nitrogens with zero attached hydrogens (tertiary/aromatic N) is 2. The van der Waals surface area contributed by atoms with Crippen molar-refractivity contribution < 1.29 is 9.59 Å². The maximum absolute atomic E-state index is 12.7. The molecule has 0 radical (unpaired) electrons. The Kier molecular flexibility index (Phi) is 12.0. The van der Waals surface area contributed by atoms with E-state index >= 15 is 0 Å². The third-order valence-corrected chi connectivity index (χ3v) is 10.6. The number of anilines is 2. The van der Waals surface area contributed by atoms with Gasteiger partial charge in [0.05, 0.1) is 53.3 Å². The first-order chi connectivity index (χ1) is 27.5. The number of aryl methyl sites for hydroxylation is 1. The summed E-state index contributed by atoms with van der Waals surface area (Å²) in [4.78, 5) is 40.8. The lowest BCUT2D eigenvalue weighted by Crippen LogP contribution is -2.11. The highest BCUT2D eigenvalue weighted by Crippen LogP contribution is 2.35. The Labute approximate surface area is 349 Å². The molecule has 0 unspecified atom stereocenters. The molecule has 2 aromatic heterocycles. The van der Waals surface area contributed by atoms with Crippen LogP contribution in [0.5, 0.6) is 0 Å². The van der Waals surface area contributed by atoms with Crippen molar-refractivity contribution in [2.45, 2.75) is 33.1 Å². The van der Waals surface area contributed by atoms with Gasteiger partial charge in [0.2, 0.25) is 0 Å². The summed E-state index contributed by atoms with van der Waals surface area (Å²) in [5.74, 6) is 1.22. The molecule has 286 valence electrons. The second-order valence-corrected chi connectivity index (χ2v) is 15.2. The van der Waals surface area contributed by atoms with Crippen molar-refractivity contribution in [1.82, 2.24) is 19.9 Å². The second-order valence-electron chi connectivity index (χ2n) is 13.6. The minimum absolute atomic E-state index is 0.182. The summed E-state index contributed by atoms with van der Waals surface area (Å²) >= 11 is 25.1. The highest BCUT2D eigenvalue weighted by molar-refractivity contribution is 6.39. The minimum Gasteiger partial charge on any atom is -0.338 e. The number of hydrogen-bond donors (Lipinski definition) is 4. The normalized spacial score (nSPS) is 11.1. The van der Waals surface area contributed by atoms with E-state index in [0.717, 1.165) is 39.9 Å². The van der Waals surface area contributed by atoms with Crippen molar-refractivity contribution in [1.29, 1.82) is 0 Å². The fourth-order valence-corrected chi connectivity index (χ4v) is 7.32. The molecular formula is C45H36Cl4N6O2. The van der Waals surface area contributed by atoms with E-state index in [2.05, 4.69) is 51.3 Å². The molecule has 0 spiro atoms. The smallest absolute Gasteiger partial charge is 0.255 e. The summed E-state index contributed by atoms with van der Waals surface area (Å²) in [7, 11) is 0. The number of benzene rings is 6. The van der Waals surface area contributed by atoms with Gasteiger partial charge >= 0.3 is 0 Å². The summed E-state index contributed by atoms with van der Waals surface area (Å²) in [6.45, 7) is 6.37. The summed E-state index contributed by atoms with van der Waals surface area (Å²) in [5, 5.41) is 7.90. The summed E-state index contributed by atoms with van der Waals surface area (Å²) in [6.07, 6.45) is 0.961. The SMILES string of the molecule is CC(C)c1ccc(NC(=O)c2ccc3nc(-c4c(Cl)cccc4Cl)[nH]c3c2)cc1.CCc1ccc(NC(=O)c2ccc3nc(-c4c(Cl)cccc4Cl)[nH]c3c2)cc1. The highest BCUT2D eigenvalue weighted by atomic mass is 35.5. The molecule has 0 atom stereocenters. The lowest BCUT2D eigenvalue weighted by atomic mass is 10.0. The standard InChI is InChI=1S/C23H19Cl2N3O.C22H17Cl2N3O/c1-13(2)14-6-9-16(10-7-14)26-23(29)15-8-11-19-20(12-15)28-22(27-19)21-17(24)4-3-5-18(21)25;1-2-13-6-9-15(10-7-13)25-22(28)14-8-11-18-19(12-14)27-21(26-18)20-16(23)4-3-5-17(20)24/h3-13H,1-2H3,(H,26,29)(H,27,28);3-12H,2H2,1H3,(H,25,28)(H,26,27). The zero-order valence-corrected chi connectivity index (χ0v) is 34.1. The van der Waals surface area contributed by atoms with E-state index in [1.807, 2.05) is 48.5 Å². The van der Waals surface area contributed by atoms with Crippen molar-refractivity contribution in [3.63, 3.8) is 0 Å². The molecule has 8 rings (SSSR count). The number of aromatic nitrogens is 4. The molecule has 0 aliphatic rings. The fourth-order valence-electron chi connectivity index (χ4n) is 6.17. The van der Waals surface area contributed by atoms with Gasteiger partial charge < -0.3 is 20.6 Å². The first-order valence-electron chi connectivity index (χ1n) is 18.2. The Morgan fingerprint density at radius 2 is 0.982 bits per heavy atom. The molecule has 2 heterocycles. The average molecular weight is 835 g/mol. The van der Waals surface area contributed by atoms with Gasteiger partial charge in [-0.3, -0.25) is 9.59 Å². The number of fused-ring (bicyclic) bond motifs is 2. The fraction of sp³-hybridized carbons (Fsp3) is 0.111. The van der Waals surface area contributed by atoms with Gasteiger partial charge in [0.25, 0.3) is 11.8 Å². The Hall–Kier alpha value is -5.64. The van der Waals surface area contributed by atoms with Gasteiger partial charge in [-0.15, -0.1) is 0 Å². The van der Waals surface area contributed by atoms with Gasteiger partial charge in [-0.05, 0) is 108 Å². The number of aromatic amines is 2. The molecule has 8 aromatic rings. The summed E-state index contributed by atoms with van der Waals surface area (Å²) in [5.41, 5.74) is 9.26. The van der Waals surface area contributed by atoms with Crippen LogP contribution in [0.3, 0.4) is 0 Å². The average Bonchev–Trinajstić information content (AvgIpc) is 3.82. The maximum Gasteiger partial charge on any atom is 0.255 e. The molecule has 6 aromatic carbocycles. The topological polar surface area (TPSA) is 116 Å². The summed E-state index contributed by atoms with van der Waals surface area (Å²) in [6, 6.07) is 37.0. The van der Waals surface area contributed by atoms with Gasteiger partial charge in [-0.25, -0.2) is 9.97 Å². The first kappa shape index (κ1) is 39.6. The molecule has 2 amide bonds. The Morgan fingerprint density at radius 3 is 1.37 bits per heavy atom. The first-order valence-corrected chi connectivity index (χ1v) is 19.7. The van der Waals surface area contributed by atoms with Crippen LogP contribution in [0.2, 0.25) is 20.1 Å². The molecule has 0 bridgehead atoms. The lowest BCUT2D eigenvalue weighted by Gasteiger charge is -2.08. The van der Waals surface area contributed by atoms with Crippen LogP contribution in [0.4, 0.5) is 11.4 Å². The number of hydrogen-bond acceptors (Lipinski definition) is 4. The van der Waals surface area contributed by atoms with Gasteiger partial charge in [-0.2, -0.15) is 0 Å². The molecule has 0 fully saturated rings. The molecule has 4 N–H and O–H groups in total. The van der Waals surface area contributed by atoms with Crippen LogP contribution in [0, 0.1) is 0 Å². The second kappa shape index (κ2) is 17.2. The highest BCUT2D eigenvalue weighted by Gasteiger charge is 2.16. The van der Waals surface area contributed by atoms with E-state index in [1.54, 1.807) is 72.8 Å². The van der Waals surface area contributed by atoms with Crippen molar-refractivity contribution in [2.24, 2.45) is 0 Å². The predicted molar refractivity (Wildman–Crippen MR) is 235 cm³/mol. The van der Waals surface area contributed by atoms with Crippen molar-refractivity contribution >= 4 is 91.7 Å². The predicted octanol–water partition coefficient (Wildman–Crippen LogP) is 13.3. The Morgan fingerprint density at radius 1 is 0.579 bits per heavy atom. The molecule has 57 heavy (non-hydrogen) atoms. The number of rotatable bonds is 8. The minimum atomic E-state index is -0.184. The number of H-pyrrole nitrogens is 2. The maximum atomic E-state index is 12.7. The molecular weight excluding hydrogens is 798 g/mol. The number of halogens is 4. The molecule has 0 saturated carbocycles. The van der Waals surface area contributed by atoms with Gasteiger partial charge in [0.15, 0.2) is 0 Å². The lowest BCUT2D eigenvalue weighted by molar-refractivity contribution is 0.101. The van der Waals surface area contributed by atoms with Gasteiger partial charge in [-0.1, -0.05) is 104 Å². The quantitative estimate of drug-likeness (QED) is 0.122. The largest absolute Gasteiger partial charge is 0.338 e. The number of carbonyl (C=O) groups is 2. The van der Waals surface area contributed by atoms with Crippen LogP contribution in [-0.4, -0.2) is 31.8 Å². The zero-order chi connectivity index (χ0) is 40.2. The molecule has 0 aliphatic carbocycles. The van der Waals surface area contributed by atoms with Crippen molar-refractivity contribution in [3.05, 3.63) is 164 Å². The van der Waals surface area contributed by atoms with E-state index in [9.17, 15) is 9.59 Å². The third-order valence-electron chi connectivity index (χ3n) is 9.34. The monoisotopic (exact) mass is 832 g/mol. The van der Waals surface area contributed by atoms with E-state index in [0.29, 0.717) is 59.9 Å².